The summed E-state index contributed by atoms with van der Waals surface area (Å²) in [5.74, 6) is 0.220. The first-order valence-corrected chi connectivity index (χ1v) is 8.43. The normalized spacial score (nSPS) is 10.3. The zero-order valence-electron chi connectivity index (χ0n) is 12.7. The summed E-state index contributed by atoms with van der Waals surface area (Å²) in [6.07, 6.45) is 0.742. The first-order valence-electron chi connectivity index (χ1n) is 6.85. The van der Waals surface area contributed by atoms with E-state index in [4.69, 9.17) is 4.74 Å². The molecule has 2 rings (SSSR count). The van der Waals surface area contributed by atoms with Crippen LogP contribution in [0, 0.1) is 13.8 Å². The van der Waals surface area contributed by atoms with Crippen LogP contribution in [0.5, 0.6) is 5.75 Å². The van der Waals surface area contributed by atoms with Crippen molar-refractivity contribution in [3.05, 3.63) is 56.0 Å². The van der Waals surface area contributed by atoms with Gasteiger partial charge in [-0.05, 0) is 81.1 Å². The first-order chi connectivity index (χ1) is 10.9. The number of hydrogen-bond donors (Lipinski definition) is 1. The summed E-state index contributed by atoms with van der Waals surface area (Å²) in [6, 6.07) is 8.99. The summed E-state index contributed by atoms with van der Waals surface area (Å²) in [7, 11) is 0. The van der Waals surface area contributed by atoms with E-state index in [1.807, 2.05) is 32.0 Å². The fraction of sp³-hybridized carbons (Fsp3) is 0.176. The lowest BCUT2D eigenvalue weighted by Gasteiger charge is -2.12. The molecule has 0 bridgehead atoms. The van der Waals surface area contributed by atoms with Crippen LogP contribution in [0.3, 0.4) is 0 Å². The van der Waals surface area contributed by atoms with Crippen LogP contribution >= 0.6 is 31.9 Å². The molecule has 0 atom stereocenters. The molecule has 0 radical (unpaired) electrons. The van der Waals surface area contributed by atoms with Crippen molar-refractivity contribution < 1.29 is 14.3 Å². The van der Waals surface area contributed by atoms with Crippen LogP contribution < -0.4 is 10.1 Å². The van der Waals surface area contributed by atoms with Gasteiger partial charge in [0.1, 0.15) is 12.0 Å². The zero-order chi connectivity index (χ0) is 17.0. The van der Waals surface area contributed by atoms with E-state index >= 15 is 0 Å². The van der Waals surface area contributed by atoms with E-state index in [-0.39, 0.29) is 12.5 Å². The third-order valence-corrected chi connectivity index (χ3v) is 4.47. The molecule has 0 fully saturated rings. The van der Waals surface area contributed by atoms with E-state index in [9.17, 15) is 9.59 Å². The van der Waals surface area contributed by atoms with Gasteiger partial charge in [0.15, 0.2) is 6.61 Å². The first kappa shape index (κ1) is 17.7. The molecule has 0 heterocycles. The van der Waals surface area contributed by atoms with Crippen LogP contribution in [-0.2, 0) is 4.79 Å². The maximum atomic E-state index is 12.0. The van der Waals surface area contributed by atoms with Crippen LogP contribution in [0.2, 0.25) is 0 Å². The fourth-order valence-corrected chi connectivity index (χ4v) is 3.39. The van der Waals surface area contributed by atoms with E-state index in [2.05, 4.69) is 37.2 Å². The van der Waals surface area contributed by atoms with Gasteiger partial charge in [-0.25, -0.2) is 0 Å². The molecule has 120 valence electrons. The van der Waals surface area contributed by atoms with Gasteiger partial charge in [-0.2, -0.15) is 0 Å². The fourth-order valence-electron chi connectivity index (χ4n) is 1.94. The molecule has 0 aromatic heterocycles. The number of aldehydes is 1. The number of carbonyl (C=O) groups is 2. The van der Waals surface area contributed by atoms with Crippen LogP contribution in [0.25, 0.3) is 0 Å². The molecule has 0 saturated carbocycles. The highest BCUT2D eigenvalue weighted by Gasteiger charge is 2.11. The van der Waals surface area contributed by atoms with Crippen LogP contribution in [0.1, 0.15) is 21.5 Å². The maximum absolute atomic E-state index is 12.0. The minimum atomic E-state index is -0.258. The second-order valence-electron chi connectivity index (χ2n) is 5.07. The van der Waals surface area contributed by atoms with Gasteiger partial charge < -0.3 is 10.1 Å². The number of halogens is 2. The number of nitrogens with one attached hydrogen (secondary N) is 1. The summed E-state index contributed by atoms with van der Waals surface area (Å²) in [6.45, 7) is 3.87. The molecule has 0 aliphatic carbocycles. The number of rotatable bonds is 5. The van der Waals surface area contributed by atoms with E-state index in [1.54, 1.807) is 12.1 Å². The van der Waals surface area contributed by atoms with E-state index in [1.165, 1.54) is 5.56 Å². The number of benzene rings is 2. The van der Waals surface area contributed by atoms with Crippen molar-refractivity contribution in [3.63, 3.8) is 0 Å². The molecule has 0 saturated heterocycles. The number of aryl methyl sites for hydroxylation is 2. The van der Waals surface area contributed by atoms with Crippen LogP contribution in [0.4, 0.5) is 5.69 Å². The van der Waals surface area contributed by atoms with Crippen molar-refractivity contribution in [3.8, 4) is 5.75 Å². The Kier molecular flexibility index (Phi) is 5.96. The van der Waals surface area contributed by atoms with Gasteiger partial charge in [0.05, 0.1) is 8.95 Å². The highest BCUT2D eigenvalue weighted by molar-refractivity contribution is 9.11. The Morgan fingerprint density at radius 3 is 2.35 bits per heavy atom. The lowest BCUT2D eigenvalue weighted by atomic mass is 10.1. The highest BCUT2D eigenvalue weighted by atomic mass is 79.9. The smallest absolute Gasteiger partial charge is 0.262 e. The van der Waals surface area contributed by atoms with Gasteiger partial charge in [-0.1, -0.05) is 6.07 Å². The zero-order valence-corrected chi connectivity index (χ0v) is 15.8. The average molecular weight is 441 g/mol. The average Bonchev–Trinajstić information content (AvgIpc) is 2.50. The lowest BCUT2D eigenvalue weighted by Crippen LogP contribution is -2.20. The second-order valence-corrected chi connectivity index (χ2v) is 6.78. The molecular weight excluding hydrogens is 426 g/mol. The van der Waals surface area contributed by atoms with Gasteiger partial charge in [-0.3, -0.25) is 9.59 Å². The molecule has 2 aromatic rings. The molecule has 0 aliphatic heterocycles. The Morgan fingerprint density at radius 2 is 1.78 bits per heavy atom. The third-order valence-electron chi connectivity index (χ3n) is 3.29. The lowest BCUT2D eigenvalue weighted by molar-refractivity contribution is -0.118. The number of carbonyl (C=O) groups excluding carboxylic acids is 2. The Morgan fingerprint density at radius 1 is 1.13 bits per heavy atom. The van der Waals surface area contributed by atoms with E-state index < -0.39 is 0 Å². The minimum absolute atomic E-state index is 0.134. The Hall–Kier alpha value is -1.66. The molecule has 0 aliphatic rings. The van der Waals surface area contributed by atoms with Crippen molar-refractivity contribution in [2.45, 2.75) is 13.8 Å². The molecular formula is C17H15Br2NO3. The molecule has 6 heteroatoms. The van der Waals surface area contributed by atoms with Gasteiger partial charge in [0.2, 0.25) is 0 Å². The van der Waals surface area contributed by atoms with Crippen molar-refractivity contribution in [2.75, 3.05) is 11.9 Å². The van der Waals surface area contributed by atoms with Crippen LogP contribution in [-0.4, -0.2) is 18.8 Å². The monoisotopic (exact) mass is 439 g/mol. The van der Waals surface area contributed by atoms with Gasteiger partial charge in [0, 0.05) is 11.3 Å². The van der Waals surface area contributed by atoms with Crippen LogP contribution in [0.15, 0.2) is 39.3 Å². The van der Waals surface area contributed by atoms with Crippen molar-refractivity contribution >= 4 is 49.7 Å². The molecule has 0 spiro atoms. The van der Waals surface area contributed by atoms with Crippen molar-refractivity contribution in [1.29, 1.82) is 0 Å². The minimum Gasteiger partial charge on any atom is -0.481 e. The molecule has 2 aromatic carbocycles. The summed E-state index contributed by atoms with van der Waals surface area (Å²) >= 11 is 6.66. The quantitative estimate of drug-likeness (QED) is 0.688. The third kappa shape index (κ3) is 4.65. The Bertz CT molecular complexity index is 736. The summed E-state index contributed by atoms with van der Waals surface area (Å²) in [5, 5.41) is 2.79. The van der Waals surface area contributed by atoms with Gasteiger partial charge in [-0.15, -0.1) is 0 Å². The molecule has 4 nitrogen and oxygen atoms in total. The summed E-state index contributed by atoms with van der Waals surface area (Å²) in [4.78, 5) is 22.8. The Balaban J connectivity index is 2.02. The van der Waals surface area contributed by atoms with E-state index in [0.717, 1.165) is 17.5 Å². The van der Waals surface area contributed by atoms with Crippen molar-refractivity contribution in [2.24, 2.45) is 0 Å². The number of amides is 1. The molecule has 0 unspecified atom stereocenters. The topological polar surface area (TPSA) is 55.4 Å². The van der Waals surface area contributed by atoms with E-state index in [0.29, 0.717) is 20.3 Å². The number of ether oxygens (including phenoxy) is 1. The predicted octanol–water partition coefficient (Wildman–Crippen LogP) is 4.66. The van der Waals surface area contributed by atoms with Gasteiger partial charge >= 0.3 is 0 Å². The summed E-state index contributed by atoms with van der Waals surface area (Å²) in [5.41, 5.74) is 3.52. The largest absolute Gasteiger partial charge is 0.481 e. The summed E-state index contributed by atoms with van der Waals surface area (Å²) < 4.78 is 6.74. The maximum Gasteiger partial charge on any atom is 0.262 e. The SMILES string of the molecule is Cc1ccc(NC(=O)COc2c(Br)cc(C=O)cc2Br)cc1C. The molecule has 1 N–H and O–H groups in total. The molecule has 1 amide bonds. The second kappa shape index (κ2) is 7.75. The number of anilines is 1. The van der Waals surface area contributed by atoms with Gasteiger partial charge in [0.25, 0.3) is 5.91 Å². The molecule has 23 heavy (non-hydrogen) atoms. The van der Waals surface area contributed by atoms with Crippen molar-refractivity contribution in [1.82, 2.24) is 0 Å². The predicted molar refractivity (Wildman–Crippen MR) is 97.3 cm³/mol. The Labute approximate surface area is 151 Å². The number of hydrogen-bond acceptors (Lipinski definition) is 3. The standard InChI is InChI=1S/C17H15Br2NO3/c1-10-3-4-13(5-11(10)2)20-16(22)9-23-17-14(18)6-12(8-21)7-15(17)19/h3-8H,9H2,1-2H3,(H,20,22). The highest BCUT2D eigenvalue weighted by Crippen LogP contribution is 2.34.